The van der Waals surface area contributed by atoms with Crippen molar-refractivity contribution in [3.63, 3.8) is 0 Å². The molecule has 1 saturated heterocycles. The Bertz CT molecular complexity index is 1030. The van der Waals surface area contributed by atoms with Gasteiger partial charge in [0.25, 0.3) is 5.91 Å². The third kappa shape index (κ3) is 3.90. The Labute approximate surface area is 177 Å². The van der Waals surface area contributed by atoms with Crippen LogP contribution in [0.5, 0.6) is 11.5 Å². The maximum atomic E-state index is 13.5. The van der Waals surface area contributed by atoms with Gasteiger partial charge in [0.1, 0.15) is 17.2 Å². The predicted octanol–water partition coefficient (Wildman–Crippen LogP) is 4.43. The second-order valence-corrected chi connectivity index (χ2v) is 7.74. The standard InChI is InChI=1S/C24H27N3O3/c1-17-8-7-13-26(15-17)24(28)21-16-27(18-9-5-4-6-10-18)25-23(21)20-14-19(29-2)11-12-22(20)30-3/h4-6,9-12,14,16-17H,7-8,13,15H2,1-3H3. The number of methoxy groups -OCH3 is 2. The minimum atomic E-state index is 0.00334. The molecule has 0 saturated carbocycles. The fraction of sp³-hybridized carbons (Fsp3) is 0.333. The van der Waals surface area contributed by atoms with Gasteiger partial charge in [0.15, 0.2) is 0 Å². The molecule has 2 aromatic carbocycles. The lowest BCUT2D eigenvalue weighted by molar-refractivity contribution is 0.0684. The lowest BCUT2D eigenvalue weighted by Gasteiger charge is -2.30. The van der Waals surface area contributed by atoms with Crippen LogP contribution in [0.3, 0.4) is 0 Å². The van der Waals surface area contributed by atoms with E-state index in [-0.39, 0.29) is 5.91 Å². The summed E-state index contributed by atoms with van der Waals surface area (Å²) in [5.41, 5.74) is 2.80. The Morgan fingerprint density at radius 2 is 1.90 bits per heavy atom. The number of para-hydroxylation sites is 1. The summed E-state index contributed by atoms with van der Waals surface area (Å²) in [4.78, 5) is 15.5. The number of nitrogens with zero attached hydrogens (tertiary/aromatic N) is 3. The Hall–Kier alpha value is -3.28. The van der Waals surface area contributed by atoms with E-state index in [0.717, 1.165) is 37.2 Å². The van der Waals surface area contributed by atoms with Gasteiger partial charge < -0.3 is 14.4 Å². The summed E-state index contributed by atoms with van der Waals surface area (Å²) in [6.45, 7) is 3.73. The molecular formula is C24H27N3O3. The quantitative estimate of drug-likeness (QED) is 0.630. The van der Waals surface area contributed by atoms with Gasteiger partial charge in [0.2, 0.25) is 0 Å². The van der Waals surface area contributed by atoms with Gasteiger partial charge in [0.05, 0.1) is 25.5 Å². The molecule has 1 aliphatic rings. The van der Waals surface area contributed by atoms with Crippen LogP contribution in [-0.4, -0.2) is 47.9 Å². The molecule has 1 aliphatic heterocycles. The van der Waals surface area contributed by atoms with Crippen molar-refractivity contribution in [3.05, 3.63) is 60.3 Å². The molecular weight excluding hydrogens is 378 g/mol. The van der Waals surface area contributed by atoms with E-state index in [1.807, 2.05) is 59.6 Å². The van der Waals surface area contributed by atoms with Crippen molar-refractivity contribution in [2.45, 2.75) is 19.8 Å². The lowest BCUT2D eigenvalue weighted by atomic mass is 9.99. The van der Waals surface area contributed by atoms with Gasteiger partial charge in [-0.15, -0.1) is 0 Å². The average molecular weight is 405 g/mol. The summed E-state index contributed by atoms with van der Waals surface area (Å²) in [5, 5.41) is 4.80. The van der Waals surface area contributed by atoms with E-state index in [4.69, 9.17) is 14.6 Å². The highest BCUT2D eigenvalue weighted by molar-refractivity contribution is 6.00. The van der Waals surface area contributed by atoms with Crippen LogP contribution in [0.4, 0.5) is 0 Å². The van der Waals surface area contributed by atoms with Crippen molar-refractivity contribution in [2.75, 3.05) is 27.3 Å². The summed E-state index contributed by atoms with van der Waals surface area (Å²) in [7, 11) is 3.24. The molecule has 4 rings (SSSR count). The summed E-state index contributed by atoms with van der Waals surface area (Å²) in [6, 6.07) is 15.4. The molecule has 0 aliphatic carbocycles. The molecule has 3 aromatic rings. The van der Waals surface area contributed by atoms with Gasteiger partial charge in [0, 0.05) is 24.8 Å². The number of likely N-dealkylation sites (tertiary alicyclic amines) is 1. The van der Waals surface area contributed by atoms with E-state index < -0.39 is 0 Å². The fourth-order valence-corrected chi connectivity index (χ4v) is 3.99. The molecule has 6 heteroatoms. The smallest absolute Gasteiger partial charge is 0.257 e. The van der Waals surface area contributed by atoms with Crippen LogP contribution in [0, 0.1) is 5.92 Å². The van der Waals surface area contributed by atoms with Gasteiger partial charge in [-0.25, -0.2) is 4.68 Å². The highest BCUT2D eigenvalue weighted by Crippen LogP contribution is 2.35. The topological polar surface area (TPSA) is 56.6 Å². The molecule has 30 heavy (non-hydrogen) atoms. The van der Waals surface area contributed by atoms with E-state index in [1.165, 1.54) is 0 Å². The van der Waals surface area contributed by atoms with Gasteiger partial charge in [-0.2, -0.15) is 5.10 Å². The van der Waals surface area contributed by atoms with E-state index in [2.05, 4.69) is 6.92 Å². The SMILES string of the molecule is COc1ccc(OC)c(-c2nn(-c3ccccc3)cc2C(=O)N2CCCC(C)C2)c1. The molecule has 0 spiro atoms. The Morgan fingerprint density at radius 1 is 1.10 bits per heavy atom. The number of hydrogen-bond donors (Lipinski definition) is 0. The molecule has 1 unspecified atom stereocenters. The number of benzene rings is 2. The van der Waals surface area contributed by atoms with E-state index in [0.29, 0.717) is 28.7 Å². The Balaban J connectivity index is 1.84. The first kappa shape index (κ1) is 20.0. The predicted molar refractivity (Wildman–Crippen MR) is 116 cm³/mol. The number of amides is 1. The van der Waals surface area contributed by atoms with Crippen LogP contribution in [0.1, 0.15) is 30.1 Å². The molecule has 2 heterocycles. The van der Waals surface area contributed by atoms with Gasteiger partial charge in [-0.05, 0) is 49.1 Å². The van der Waals surface area contributed by atoms with Crippen molar-refractivity contribution in [3.8, 4) is 28.4 Å². The zero-order valence-corrected chi connectivity index (χ0v) is 17.7. The monoisotopic (exact) mass is 405 g/mol. The zero-order chi connectivity index (χ0) is 21.1. The fourth-order valence-electron chi connectivity index (χ4n) is 3.99. The molecule has 0 bridgehead atoms. The highest BCUT2D eigenvalue weighted by Gasteiger charge is 2.28. The molecule has 156 valence electrons. The number of rotatable bonds is 5. The zero-order valence-electron chi connectivity index (χ0n) is 17.7. The first-order chi connectivity index (χ1) is 14.6. The molecule has 0 radical (unpaired) electrons. The van der Waals surface area contributed by atoms with Crippen LogP contribution in [0.2, 0.25) is 0 Å². The van der Waals surface area contributed by atoms with Crippen LogP contribution < -0.4 is 9.47 Å². The third-order valence-electron chi connectivity index (χ3n) is 5.57. The van der Waals surface area contributed by atoms with E-state index in [1.54, 1.807) is 18.9 Å². The summed E-state index contributed by atoms with van der Waals surface area (Å²) in [5.74, 6) is 1.84. The van der Waals surface area contributed by atoms with Crippen molar-refractivity contribution >= 4 is 5.91 Å². The van der Waals surface area contributed by atoms with Crippen molar-refractivity contribution in [2.24, 2.45) is 5.92 Å². The summed E-state index contributed by atoms with van der Waals surface area (Å²) >= 11 is 0. The van der Waals surface area contributed by atoms with Crippen LogP contribution in [0.25, 0.3) is 16.9 Å². The molecule has 1 amide bonds. The number of aromatic nitrogens is 2. The Kier molecular flexibility index (Phi) is 5.74. The van der Waals surface area contributed by atoms with E-state index in [9.17, 15) is 4.79 Å². The normalized spacial score (nSPS) is 16.4. The molecule has 1 atom stereocenters. The summed E-state index contributed by atoms with van der Waals surface area (Å²) < 4.78 is 12.8. The lowest BCUT2D eigenvalue weighted by Crippen LogP contribution is -2.39. The molecule has 1 fully saturated rings. The number of hydrogen-bond acceptors (Lipinski definition) is 4. The van der Waals surface area contributed by atoms with Crippen molar-refractivity contribution in [1.29, 1.82) is 0 Å². The Morgan fingerprint density at radius 3 is 2.60 bits per heavy atom. The highest BCUT2D eigenvalue weighted by atomic mass is 16.5. The number of ether oxygens (including phenoxy) is 2. The van der Waals surface area contributed by atoms with Crippen LogP contribution in [0.15, 0.2) is 54.7 Å². The van der Waals surface area contributed by atoms with Crippen LogP contribution >= 0.6 is 0 Å². The molecule has 6 nitrogen and oxygen atoms in total. The van der Waals surface area contributed by atoms with Crippen molar-refractivity contribution < 1.29 is 14.3 Å². The minimum absolute atomic E-state index is 0.00334. The largest absolute Gasteiger partial charge is 0.497 e. The van der Waals surface area contributed by atoms with Crippen LogP contribution in [-0.2, 0) is 0 Å². The number of carbonyl (C=O) groups excluding carboxylic acids is 1. The molecule has 1 aromatic heterocycles. The average Bonchev–Trinajstić information content (AvgIpc) is 3.24. The second-order valence-electron chi connectivity index (χ2n) is 7.74. The minimum Gasteiger partial charge on any atom is -0.497 e. The number of piperidine rings is 1. The van der Waals surface area contributed by atoms with Gasteiger partial charge in [-0.1, -0.05) is 25.1 Å². The first-order valence-electron chi connectivity index (χ1n) is 10.3. The van der Waals surface area contributed by atoms with Gasteiger partial charge in [-0.3, -0.25) is 4.79 Å². The third-order valence-corrected chi connectivity index (χ3v) is 5.57. The maximum absolute atomic E-state index is 13.5. The van der Waals surface area contributed by atoms with Gasteiger partial charge >= 0.3 is 0 Å². The number of carbonyl (C=O) groups is 1. The van der Waals surface area contributed by atoms with E-state index >= 15 is 0 Å². The second kappa shape index (κ2) is 8.61. The maximum Gasteiger partial charge on any atom is 0.257 e. The first-order valence-corrected chi connectivity index (χ1v) is 10.3. The molecule has 0 N–H and O–H groups in total. The van der Waals surface area contributed by atoms with Crippen molar-refractivity contribution in [1.82, 2.24) is 14.7 Å². The summed E-state index contributed by atoms with van der Waals surface area (Å²) in [6.07, 6.45) is 4.01.